The predicted molar refractivity (Wildman–Crippen MR) is 80.1 cm³/mol. The van der Waals surface area contributed by atoms with Crippen LogP contribution in [0, 0.1) is 12.7 Å². The molecule has 0 fully saturated rings. The molecule has 0 saturated carbocycles. The molecule has 0 saturated heterocycles. The highest BCUT2D eigenvalue weighted by Gasteiger charge is 2.15. The fourth-order valence-electron chi connectivity index (χ4n) is 2.42. The van der Waals surface area contributed by atoms with Gasteiger partial charge in [0.2, 0.25) is 0 Å². The maximum atomic E-state index is 13.6. The van der Waals surface area contributed by atoms with Crippen molar-refractivity contribution in [2.45, 2.75) is 39.8 Å². The third-order valence-corrected chi connectivity index (χ3v) is 3.60. The Morgan fingerprint density at radius 3 is 2.75 bits per heavy atom. The molecule has 0 spiro atoms. The van der Waals surface area contributed by atoms with E-state index in [4.69, 9.17) is 0 Å². The Hall–Kier alpha value is -1.68. The minimum Gasteiger partial charge on any atom is -0.313 e. The van der Waals surface area contributed by atoms with E-state index in [0.29, 0.717) is 0 Å². The third kappa shape index (κ3) is 2.90. The van der Waals surface area contributed by atoms with E-state index >= 15 is 0 Å². The van der Waals surface area contributed by atoms with Crippen molar-refractivity contribution in [2.24, 2.45) is 0 Å². The fourth-order valence-corrected chi connectivity index (χ4v) is 2.42. The molecule has 3 nitrogen and oxygen atoms in total. The van der Waals surface area contributed by atoms with Gasteiger partial charge in [-0.3, -0.25) is 4.68 Å². The van der Waals surface area contributed by atoms with Crippen molar-refractivity contribution in [3.05, 3.63) is 41.5 Å². The summed E-state index contributed by atoms with van der Waals surface area (Å²) >= 11 is 0. The zero-order valence-corrected chi connectivity index (χ0v) is 12.6. The Morgan fingerprint density at radius 1 is 1.35 bits per heavy atom. The second-order valence-corrected chi connectivity index (χ2v) is 5.13. The molecule has 0 aliphatic rings. The maximum Gasteiger partial charge on any atom is 0.123 e. The van der Waals surface area contributed by atoms with Crippen molar-refractivity contribution in [3.8, 4) is 11.1 Å². The molecule has 0 amide bonds. The van der Waals surface area contributed by atoms with Crippen LogP contribution in [0.15, 0.2) is 24.4 Å². The van der Waals surface area contributed by atoms with Crippen molar-refractivity contribution >= 4 is 0 Å². The Kier molecular flexibility index (Phi) is 4.55. The minimum absolute atomic E-state index is 0.166. The van der Waals surface area contributed by atoms with Gasteiger partial charge >= 0.3 is 0 Å². The molecule has 1 aromatic carbocycles. The van der Waals surface area contributed by atoms with Gasteiger partial charge in [-0.25, -0.2) is 4.39 Å². The number of benzene rings is 1. The summed E-state index contributed by atoms with van der Waals surface area (Å²) in [5.74, 6) is -0.213. The summed E-state index contributed by atoms with van der Waals surface area (Å²) in [5, 5.41) is 7.72. The Morgan fingerprint density at radius 2 is 2.10 bits per heavy atom. The molecule has 0 bridgehead atoms. The molecule has 1 atom stereocenters. The van der Waals surface area contributed by atoms with Gasteiger partial charge in [0.05, 0.1) is 5.69 Å². The van der Waals surface area contributed by atoms with Crippen molar-refractivity contribution in [1.82, 2.24) is 15.1 Å². The van der Waals surface area contributed by atoms with Gasteiger partial charge in [0.25, 0.3) is 0 Å². The summed E-state index contributed by atoms with van der Waals surface area (Å²) in [7, 11) is 1.91. The predicted octanol–water partition coefficient (Wildman–Crippen LogP) is 3.69. The highest BCUT2D eigenvalue weighted by Crippen LogP contribution is 2.31. The normalized spacial score (nSPS) is 12.7. The number of nitrogens with one attached hydrogen (secondary N) is 1. The lowest BCUT2D eigenvalue weighted by molar-refractivity contribution is 0.598. The first-order valence-electron chi connectivity index (χ1n) is 7.08. The van der Waals surface area contributed by atoms with Crippen LogP contribution in [-0.4, -0.2) is 16.8 Å². The van der Waals surface area contributed by atoms with Crippen LogP contribution in [0.1, 0.15) is 37.6 Å². The first kappa shape index (κ1) is 14.7. The van der Waals surface area contributed by atoms with Crippen LogP contribution in [0.4, 0.5) is 4.39 Å². The van der Waals surface area contributed by atoms with Gasteiger partial charge in [-0.1, -0.05) is 13.0 Å². The highest BCUT2D eigenvalue weighted by atomic mass is 19.1. The zero-order chi connectivity index (χ0) is 14.7. The molecular weight excluding hydrogens is 253 g/mol. The van der Waals surface area contributed by atoms with Gasteiger partial charge < -0.3 is 5.32 Å². The number of hydrogen-bond donors (Lipinski definition) is 1. The molecular formula is C16H22FN3. The van der Waals surface area contributed by atoms with E-state index in [9.17, 15) is 4.39 Å². The summed E-state index contributed by atoms with van der Waals surface area (Å²) in [4.78, 5) is 0. The smallest absolute Gasteiger partial charge is 0.123 e. The fraction of sp³-hybridized carbons (Fsp3) is 0.438. The Bertz CT molecular complexity index is 589. The first-order chi connectivity index (χ1) is 9.56. The van der Waals surface area contributed by atoms with E-state index in [1.165, 1.54) is 6.07 Å². The summed E-state index contributed by atoms with van der Waals surface area (Å²) in [6.07, 6.45) is 3.04. The highest BCUT2D eigenvalue weighted by molar-refractivity contribution is 5.69. The molecule has 1 unspecified atom stereocenters. The number of nitrogens with zero attached hydrogens (tertiary/aromatic N) is 2. The summed E-state index contributed by atoms with van der Waals surface area (Å²) < 4.78 is 15.6. The average Bonchev–Trinajstić information content (AvgIpc) is 2.79. The van der Waals surface area contributed by atoms with Crippen LogP contribution in [0.2, 0.25) is 0 Å². The Labute approximate surface area is 119 Å². The number of aromatic nitrogens is 2. The molecule has 20 heavy (non-hydrogen) atoms. The van der Waals surface area contributed by atoms with Crippen molar-refractivity contribution < 1.29 is 4.39 Å². The van der Waals surface area contributed by atoms with Gasteiger partial charge in [-0.05, 0) is 50.6 Å². The lowest BCUT2D eigenvalue weighted by Gasteiger charge is -2.15. The summed E-state index contributed by atoms with van der Waals surface area (Å²) in [6.45, 7) is 7.04. The second-order valence-electron chi connectivity index (χ2n) is 5.13. The monoisotopic (exact) mass is 275 g/mol. The van der Waals surface area contributed by atoms with Crippen molar-refractivity contribution in [3.63, 3.8) is 0 Å². The third-order valence-electron chi connectivity index (χ3n) is 3.60. The van der Waals surface area contributed by atoms with Crippen molar-refractivity contribution in [1.29, 1.82) is 0 Å². The van der Waals surface area contributed by atoms with E-state index in [1.54, 1.807) is 6.07 Å². The van der Waals surface area contributed by atoms with Crippen LogP contribution >= 0.6 is 0 Å². The number of hydrogen-bond acceptors (Lipinski definition) is 2. The van der Waals surface area contributed by atoms with E-state index in [2.05, 4.69) is 24.3 Å². The molecule has 1 aromatic heterocycles. The molecule has 2 aromatic rings. The number of halogens is 1. The minimum atomic E-state index is -0.213. The molecule has 1 N–H and O–H groups in total. The zero-order valence-electron chi connectivity index (χ0n) is 12.6. The molecule has 2 rings (SSSR count). The summed E-state index contributed by atoms with van der Waals surface area (Å²) in [6, 6.07) is 5.13. The molecule has 108 valence electrons. The maximum absolute atomic E-state index is 13.6. The largest absolute Gasteiger partial charge is 0.313 e. The lowest BCUT2D eigenvalue weighted by atomic mass is 9.96. The molecule has 0 aliphatic heterocycles. The van der Waals surface area contributed by atoms with Crippen molar-refractivity contribution in [2.75, 3.05) is 7.05 Å². The van der Waals surface area contributed by atoms with E-state index in [1.807, 2.05) is 30.9 Å². The van der Waals surface area contributed by atoms with Crippen LogP contribution < -0.4 is 5.32 Å². The van der Waals surface area contributed by atoms with Crippen LogP contribution in [0.5, 0.6) is 0 Å². The van der Waals surface area contributed by atoms with E-state index in [-0.39, 0.29) is 11.9 Å². The molecule has 0 radical (unpaired) electrons. The van der Waals surface area contributed by atoms with E-state index in [0.717, 1.165) is 35.3 Å². The number of aryl methyl sites for hydroxylation is 2. The lowest BCUT2D eigenvalue weighted by Crippen LogP contribution is -2.13. The molecule has 1 heterocycles. The van der Waals surface area contributed by atoms with Gasteiger partial charge in [-0.2, -0.15) is 5.10 Å². The second kappa shape index (κ2) is 6.18. The molecule has 4 heteroatoms. The van der Waals surface area contributed by atoms with Crippen LogP contribution in [0.3, 0.4) is 0 Å². The van der Waals surface area contributed by atoms with Gasteiger partial charge in [0.1, 0.15) is 5.82 Å². The quantitative estimate of drug-likeness (QED) is 0.902. The van der Waals surface area contributed by atoms with Gasteiger partial charge in [0, 0.05) is 24.3 Å². The van der Waals surface area contributed by atoms with Gasteiger partial charge in [0.15, 0.2) is 0 Å². The number of rotatable bonds is 5. The average molecular weight is 275 g/mol. The van der Waals surface area contributed by atoms with Gasteiger partial charge in [-0.15, -0.1) is 0 Å². The van der Waals surface area contributed by atoms with Crippen LogP contribution in [0.25, 0.3) is 11.1 Å². The standard InChI is InChI=1S/C16H22FN3/c1-5-8-20-10-16(12(3)19-20)15-9-13(17)6-7-14(15)11(2)18-4/h6-7,9-11,18H,5,8H2,1-4H3. The Balaban J connectivity index is 2.53. The van der Waals surface area contributed by atoms with Crippen LogP contribution in [-0.2, 0) is 6.54 Å². The molecule has 0 aliphatic carbocycles. The van der Waals surface area contributed by atoms with E-state index < -0.39 is 0 Å². The first-order valence-corrected chi connectivity index (χ1v) is 7.08. The SMILES string of the molecule is CCCn1cc(-c2cc(F)ccc2C(C)NC)c(C)n1. The summed E-state index contributed by atoms with van der Waals surface area (Å²) in [5.41, 5.74) is 3.96. The topological polar surface area (TPSA) is 29.9 Å².